The van der Waals surface area contributed by atoms with E-state index in [-0.39, 0.29) is 6.03 Å². The molecule has 1 aromatic heterocycles. The molecular formula is C23H20N4O2. The molecule has 6 heteroatoms. The molecular weight excluding hydrogens is 364 g/mol. The van der Waals surface area contributed by atoms with E-state index >= 15 is 0 Å². The van der Waals surface area contributed by atoms with Gasteiger partial charge in [0.05, 0.1) is 11.1 Å². The van der Waals surface area contributed by atoms with Gasteiger partial charge in [-0.1, -0.05) is 59.3 Å². The second-order valence-corrected chi connectivity index (χ2v) is 7.45. The van der Waals surface area contributed by atoms with Crippen LogP contribution in [-0.2, 0) is 5.66 Å². The van der Waals surface area contributed by atoms with Crippen LogP contribution >= 0.6 is 0 Å². The third kappa shape index (κ3) is 2.94. The molecule has 29 heavy (non-hydrogen) atoms. The van der Waals surface area contributed by atoms with Crippen molar-refractivity contribution in [2.45, 2.75) is 19.5 Å². The van der Waals surface area contributed by atoms with Crippen molar-refractivity contribution < 1.29 is 9.32 Å². The summed E-state index contributed by atoms with van der Waals surface area (Å²) in [7, 11) is 0. The van der Waals surface area contributed by atoms with Gasteiger partial charge in [-0.3, -0.25) is 0 Å². The molecule has 1 saturated heterocycles. The molecule has 1 aliphatic heterocycles. The fraction of sp³-hybridized carbons (Fsp3) is 0.130. The number of hydrogen-bond donors (Lipinski definition) is 2. The Morgan fingerprint density at radius 1 is 1.00 bits per heavy atom. The van der Waals surface area contributed by atoms with Crippen molar-refractivity contribution >= 4 is 22.6 Å². The summed E-state index contributed by atoms with van der Waals surface area (Å²) in [5.74, 6) is 0.717. The molecule has 1 atom stereocenters. The Morgan fingerprint density at radius 2 is 1.76 bits per heavy atom. The molecule has 2 heterocycles. The molecule has 5 rings (SSSR count). The topological polar surface area (TPSA) is 70.4 Å². The Kier molecular flexibility index (Phi) is 3.89. The van der Waals surface area contributed by atoms with Crippen molar-refractivity contribution in [3.8, 4) is 11.3 Å². The van der Waals surface area contributed by atoms with Crippen molar-refractivity contribution in [1.29, 1.82) is 0 Å². The molecule has 0 bridgehead atoms. The highest BCUT2D eigenvalue weighted by Gasteiger charge is 2.40. The first-order valence-corrected chi connectivity index (χ1v) is 9.46. The molecule has 3 aromatic carbocycles. The van der Waals surface area contributed by atoms with Crippen LogP contribution in [0.25, 0.3) is 22.2 Å². The van der Waals surface area contributed by atoms with Crippen LogP contribution in [0, 0.1) is 6.92 Å². The first-order chi connectivity index (χ1) is 14.0. The van der Waals surface area contributed by atoms with E-state index in [9.17, 15) is 4.79 Å². The van der Waals surface area contributed by atoms with Crippen molar-refractivity contribution in [1.82, 2.24) is 15.9 Å². The normalized spacial score (nSPS) is 19.0. The number of aromatic nitrogens is 1. The van der Waals surface area contributed by atoms with Gasteiger partial charge in [0.25, 0.3) is 0 Å². The molecule has 2 N–H and O–H groups in total. The SMILES string of the molecule is Cc1ccc(-c2onc3ccc(C4(C)NC(=O)N(c5ccccc5)N4)cc23)cc1. The van der Waals surface area contributed by atoms with Gasteiger partial charge in [-0.2, -0.15) is 5.43 Å². The Balaban J connectivity index is 1.54. The van der Waals surface area contributed by atoms with E-state index in [1.807, 2.05) is 86.6 Å². The largest absolute Gasteiger partial charge is 0.355 e. The van der Waals surface area contributed by atoms with Crippen LogP contribution in [0.1, 0.15) is 18.1 Å². The van der Waals surface area contributed by atoms with Gasteiger partial charge in [0, 0.05) is 5.56 Å². The highest BCUT2D eigenvalue weighted by atomic mass is 16.5. The van der Waals surface area contributed by atoms with E-state index in [2.05, 4.69) is 15.9 Å². The average molecular weight is 384 g/mol. The predicted octanol–water partition coefficient (Wildman–Crippen LogP) is 4.71. The van der Waals surface area contributed by atoms with Crippen molar-refractivity contribution in [3.05, 3.63) is 83.9 Å². The standard InChI is InChI=1S/C23H20N4O2/c1-15-8-10-16(11-9-15)21-19-14-17(12-13-20(19)25-29-21)23(2)24-22(28)27(26-23)18-6-4-3-5-7-18/h3-14,26H,1-2H3,(H,24,28). The number of carbonyl (C=O) groups is 1. The van der Waals surface area contributed by atoms with Crippen LogP contribution in [0.5, 0.6) is 0 Å². The molecule has 0 radical (unpaired) electrons. The monoisotopic (exact) mass is 384 g/mol. The van der Waals surface area contributed by atoms with Crippen LogP contribution in [0.4, 0.5) is 10.5 Å². The van der Waals surface area contributed by atoms with Gasteiger partial charge in [0.15, 0.2) is 5.76 Å². The smallest absolute Gasteiger partial charge is 0.338 e. The number of nitrogens with one attached hydrogen (secondary N) is 2. The molecule has 6 nitrogen and oxygen atoms in total. The van der Waals surface area contributed by atoms with E-state index in [1.165, 1.54) is 10.6 Å². The van der Waals surface area contributed by atoms with Crippen LogP contribution in [0.3, 0.4) is 0 Å². The predicted molar refractivity (Wildman–Crippen MR) is 112 cm³/mol. The van der Waals surface area contributed by atoms with Gasteiger partial charge in [-0.25, -0.2) is 9.80 Å². The summed E-state index contributed by atoms with van der Waals surface area (Å²) in [5, 5.41) is 9.67. The van der Waals surface area contributed by atoms with Crippen LogP contribution < -0.4 is 15.8 Å². The van der Waals surface area contributed by atoms with Gasteiger partial charge < -0.3 is 9.84 Å². The molecule has 4 aromatic rings. The maximum atomic E-state index is 12.6. The van der Waals surface area contributed by atoms with Crippen molar-refractivity contribution in [3.63, 3.8) is 0 Å². The number of fused-ring (bicyclic) bond motifs is 1. The number of carbonyl (C=O) groups excluding carboxylic acids is 1. The second kappa shape index (κ2) is 6.46. The first-order valence-electron chi connectivity index (χ1n) is 9.46. The molecule has 1 unspecified atom stereocenters. The lowest BCUT2D eigenvalue weighted by atomic mass is 9.99. The summed E-state index contributed by atoms with van der Waals surface area (Å²) < 4.78 is 5.63. The second-order valence-electron chi connectivity index (χ2n) is 7.45. The molecule has 144 valence electrons. The van der Waals surface area contributed by atoms with E-state index < -0.39 is 5.66 Å². The van der Waals surface area contributed by atoms with Gasteiger partial charge in [0.2, 0.25) is 0 Å². The maximum absolute atomic E-state index is 12.6. The molecule has 1 fully saturated rings. The minimum absolute atomic E-state index is 0.206. The molecule has 1 aliphatic rings. The fourth-order valence-corrected chi connectivity index (χ4v) is 3.63. The lowest BCUT2D eigenvalue weighted by Gasteiger charge is -2.25. The molecule has 2 amide bonds. The highest BCUT2D eigenvalue weighted by molar-refractivity contribution is 5.95. The Morgan fingerprint density at radius 3 is 2.52 bits per heavy atom. The Bertz CT molecular complexity index is 1200. The van der Waals surface area contributed by atoms with E-state index in [0.29, 0.717) is 0 Å². The van der Waals surface area contributed by atoms with Crippen LogP contribution in [0.2, 0.25) is 0 Å². The van der Waals surface area contributed by atoms with Crippen molar-refractivity contribution in [2.75, 3.05) is 5.01 Å². The van der Waals surface area contributed by atoms with Crippen molar-refractivity contribution in [2.24, 2.45) is 0 Å². The third-order valence-electron chi connectivity index (χ3n) is 5.28. The Labute approximate surface area is 168 Å². The molecule has 0 spiro atoms. The van der Waals surface area contributed by atoms with E-state index in [0.717, 1.165) is 33.5 Å². The van der Waals surface area contributed by atoms with Gasteiger partial charge in [-0.15, -0.1) is 0 Å². The van der Waals surface area contributed by atoms with Gasteiger partial charge in [0.1, 0.15) is 11.2 Å². The molecule has 0 saturated carbocycles. The summed E-state index contributed by atoms with van der Waals surface area (Å²) in [6.07, 6.45) is 0. The number of aryl methyl sites for hydroxylation is 1. The lowest BCUT2D eigenvalue weighted by molar-refractivity contribution is 0.248. The number of benzene rings is 3. The van der Waals surface area contributed by atoms with Gasteiger partial charge in [-0.05, 0) is 43.7 Å². The minimum Gasteiger partial charge on any atom is -0.355 e. The number of nitrogens with zero attached hydrogens (tertiary/aromatic N) is 2. The zero-order chi connectivity index (χ0) is 20.0. The number of para-hydroxylation sites is 1. The van der Waals surface area contributed by atoms with Gasteiger partial charge >= 0.3 is 6.03 Å². The third-order valence-corrected chi connectivity index (χ3v) is 5.28. The fourth-order valence-electron chi connectivity index (χ4n) is 3.63. The zero-order valence-corrected chi connectivity index (χ0v) is 16.1. The summed E-state index contributed by atoms with van der Waals surface area (Å²) in [6, 6.07) is 23.3. The first kappa shape index (κ1) is 17.5. The Hall–Kier alpha value is -3.64. The lowest BCUT2D eigenvalue weighted by Crippen LogP contribution is -2.45. The zero-order valence-electron chi connectivity index (χ0n) is 16.1. The highest BCUT2D eigenvalue weighted by Crippen LogP contribution is 2.33. The summed E-state index contributed by atoms with van der Waals surface area (Å²) in [4.78, 5) is 12.6. The maximum Gasteiger partial charge on any atom is 0.338 e. The number of hydrogen-bond acceptors (Lipinski definition) is 4. The average Bonchev–Trinajstić information content (AvgIpc) is 3.30. The number of anilines is 1. The minimum atomic E-state index is -0.761. The summed E-state index contributed by atoms with van der Waals surface area (Å²) >= 11 is 0. The van der Waals surface area contributed by atoms with Crippen LogP contribution in [0.15, 0.2) is 77.3 Å². The van der Waals surface area contributed by atoms with E-state index in [4.69, 9.17) is 4.52 Å². The quantitative estimate of drug-likeness (QED) is 0.537. The van der Waals surface area contributed by atoms with E-state index in [1.54, 1.807) is 0 Å². The molecule has 0 aliphatic carbocycles. The number of hydrazine groups is 1. The number of rotatable bonds is 3. The summed E-state index contributed by atoms with van der Waals surface area (Å²) in [5.41, 5.74) is 7.15. The van der Waals surface area contributed by atoms with Crippen LogP contribution in [-0.4, -0.2) is 11.2 Å². The summed E-state index contributed by atoms with van der Waals surface area (Å²) in [6.45, 7) is 3.99. The number of amides is 2. The number of urea groups is 1.